The second kappa shape index (κ2) is 12.7. The molecule has 36 heavy (non-hydrogen) atoms. The highest BCUT2D eigenvalue weighted by Crippen LogP contribution is 2.25. The third-order valence-electron chi connectivity index (χ3n) is 6.43. The Bertz CT molecular complexity index is 1070. The molecule has 2 aliphatic rings. The molecule has 4 rings (SSSR count). The van der Waals surface area contributed by atoms with Gasteiger partial charge in [0.1, 0.15) is 18.4 Å². The van der Waals surface area contributed by atoms with Crippen LogP contribution in [-0.4, -0.2) is 78.1 Å². The number of hydrogen-bond donors (Lipinski definition) is 1. The van der Waals surface area contributed by atoms with Crippen molar-refractivity contribution >= 4 is 24.0 Å². The van der Waals surface area contributed by atoms with Crippen molar-refractivity contribution in [3.63, 3.8) is 0 Å². The number of nitrogens with zero attached hydrogens (tertiary/aromatic N) is 4. The van der Waals surface area contributed by atoms with Crippen LogP contribution in [0.25, 0.3) is 0 Å². The van der Waals surface area contributed by atoms with Crippen molar-refractivity contribution in [2.24, 2.45) is 0 Å². The van der Waals surface area contributed by atoms with Crippen LogP contribution in [0.15, 0.2) is 48.5 Å². The maximum Gasteiger partial charge on any atom is 0.290 e. The standard InChI is InChI=1S/C26H30N4O3.CH2O2/c1-19(2)28-13-11-24(12-14-28)33-23-9-7-22(8-10-23)30-16-15-29(18-25(30)31)26(32)21-5-3-20(17-27)4-6-21;2-1-3/h3-10,19,24H,11-16,18H2,1-2H3;1H,(H,2,3). The summed E-state index contributed by atoms with van der Waals surface area (Å²) in [6.07, 6.45) is 2.27. The summed E-state index contributed by atoms with van der Waals surface area (Å²) in [4.78, 5) is 39.6. The highest BCUT2D eigenvalue weighted by molar-refractivity contribution is 6.01. The average molecular weight is 493 g/mol. The molecule has 2 aliphatic heterocycles. The summed E-state index contributed by atoms with van der Waals surface area (Å²) in [6.45, 7) is 7.24. The average Bonchev–Trinajstić information content (AvgIpc) is 2.89. The lowest BCUT2D eigenvalue weighted by atomic mass is 10.1. The van der Waals surface area contributed by atoms with Crippen molar-refractivity contribution in [2.45, 2.75) is 38.8 Å². The number of rotatable bonds is 5. The van der Waals surface area contributed by atoms with E-state index in [0.29, 0.717) is 30.3 Å². The highest BCUT2D eigenvalue weighted by Gasteiger charge is 2.29. The summed E-state index contributed by atoms with van der Waals surface area (Å²) in [5.74, 6) is 0.515. The van der Waals surface area contributed by atoms with Gasteiger partial charge in [0.15, 0.2) is 0 Å². The molecule has 0 bridgehead atoms. The number of carbonyl (C=O) groups excluding carboxylic acids is 2. The molecule has 2 amide bonds. The van der Waals surface area contributed by atoms with Gasteiger partial charge in [-0.15, -0.1) is 0 Å². The van der Waals surface area contributed by atoms with Crippen LogP contribution in [0.4, 0.5) is 5.69 Å². The first kappa shape index (κ1) is 26.7. The number of piperidine rings is 1. The number of carbonyl (C=O) groups is 3. The molecule has 1 N–H and O–H groups in total. The summed E-state index contributed by atoms with van der Waals surface area (Å²) < 4.78 is 6.16. The molecule has 0 spiro atoms. The molecule has 2 saturated heterocycles. The summed E-state index contributed by atoms with van der Waals surface area (Å²) in [6, 6.07) is 16.8. The molecule has 0 aliphatic carbocycles. The Morgan fingerprint density at radius 2 is 1.67 bits per heavy atom. The van der Waals surface area contributed by atoms with Crippen molar-refractivity contribution in [2.75, 3.05) is 37.6 Å². The Hall–Kier alpha value is -3.90. The fraction of sp³-hybridized carbons (Fsp3) is 0.407. The van der Waals surface area contributed by atoms with Crippen molar-refractivity contribution < 1.29 is 24.2 Å². The summed E-state index contributed by atoms with van der Waals surface area (Å²) >= 11 is 0. The van der Waals surface area contributed by atoms with E-state index < -0.39 is 0 Å². The predicted octanol–water partition coefficient (Wildman–Crippen LogP) is 3.00. The lowest BCUT2D eigenvalue weighted by Crippen LogP contribution is -2.52. The fourth-order valence-corrected chi connectivity index (χ4v) is 4.40. The number of anilines is 1. The number of benzene rings is 2. The molecular formula is C27H32N4O5. The number of amides is 2. The molecule has 2 fully saturated rings. The van der Waals surface area contributed by atoms with E-state index in [-0.39, 0.29) is 30.9 Å². The van der Waals surface area contributed by atoms with Crippen molar-refractivity contribution in [1.29, 1.82) is 5.26 Å². The number of nitriles is 1. The van der Waals surface area contributed by atoms with Crippen LogP contribution in [0, 0.1) is 11.3 Å². The first-order valence-electron chi connectivity index (χ1n) is 12.0. The second-order valence-corrected chi connectivity index (χ2v) is 9.01. The van der Waals surface area contributed by atoms with Crippen LogP contribution in [0.2, 0.25) is 0 Å². The molecule has 190 valence electrons. The van der Waals surface area contributed by atoms with Gasteiger partial charge in [-0.25, -0.2) is 0 Å². The summed E-state index contributed by atoms with van der Waals surface area (Å²) in [5, 5.41) is 15.8. The van der Waals surface area contributed by atoms with Gasteiger partial charge >= 0.3 is 0 Å². The zero-order chi connectivity index (χ0) is 26.1. The lowest BCUT2D eigenvalue weighted by Gasteiger charge is -2.35. The Kier molecular flexibility index (Phi) is 9.42. The first-order valence-corrected chi connectivity index (χ1v) is 12.0. The van der Waals surface area contributed by atoms with Crippen LogP contribution >= 0.6 is 0 Å². The number of likely N-dealkylation sites (tertiary alicyclic amines) is 1. The first-order chi connectivity index (χ1) is 17.4. The van der Waals surface area contributed by atoms with Gasteiger partial charge in [0.05, 0.1) is 11.6 Å². The van der Waals surface area contributed by atoms with Gasteiger partial charge in [-0.2, -0.15) is 5.26 Å². The number of carboxylic acid groups (broad SMARTS) is 1. The van der Waals surface area contributed by atoms with Crippen molar-refractivity contribution in [1.82, 2.24) is 9.80 Å². The van der Waals surface area contributed by atoms with Crippen molar-refractivity contribution in [3.05, 3.63) is 59.7 Å². The lowest BCUT2D eigenvalue weighted by molar-refractivity contribution is -0.123. The van der Waals surface area contributed by atoms with E-state index in [1.165, 1.54) is 0 Å². The number of piperazine rings is 1. The SMILES string of the molecule is CC(C)N1CCC(Oc2ccc(N3CCN(C(=O)c4ccc(C#N)cc4)CC3=O)cc2)CC1.O=CO. The minimum atomic E-state index is -0.250. The third-order valence-corrected chi connectivity index (χ3v) is 6.43. The van der Waals surface area contributed by atoms with E-state index in [4.69, 9.17) is 19.9 Å². The Morgan fingerprint density at radius 3 is 2.19 bits per heavy atom. The maximum absolute atomic E-state index is 12.8. The third kappa shape index (κ3) is 6.83. The molecular weight excluding hydrogens is 460 g/mol. The second-order valence-electron chi connectivity index (χ2n) is 9.01. The Labute approximate surface area is 211 Å². The van der Waals surface area contributed by atoms with Gasteiger partial charge in [0, 0.05) is 43.5 Å². The Balaban J connectivity index is 0.00000115. The normalized spacial score (nSPS) is 16.7. The number of ether oxygens (including phenoxy) is 1. The topological polar surface area (TPSA) is 114 Å². The van der Waals surface area contributed by atoms with E-state index in [0.717, 1.165) is 37.4 Å². The molecule has 0 radical (unpaired) electrons. The Morgan fingerprint density at radius 1 is 1.06 bits per heavy atom. The van der Waals surface area contributed by atoms with Crippen LogP contribution in [0.3, 0.4) is 0 Å². The minimum Gasteiger partial charge on any atom is -0.490 e. The molecule has 0 saturated carbocycles. The highest BCUT2D eigenvalue weighted by atomic mass is 16.5. The van der Waals surface area contributed by atoms with Gasteiger partial charge in [-0.05, 0) is 75.2 Å². The van der Waals surface area contributed by atoms with Gasteiger partial charge in [0.25, 0.3) is 12.4 Å². The monoisotopic (exact) mass is 492 g/mol. The predicted molar refractivity (Wildman–Crippen MR) is 135 cm³/mol. The van der Waals surface area contributed by atoms with Crippen LogP contribution < -0.4 is 9.64 Å². The van der Waals surface area contributed by atoms with Crippen LogP contribution in [-0.2, 0) is 9.59 Å². The van der Waals surface area contributed by atoms with Gasteiger partial charge < -0.3 is 24.5 Å². The van der Waals surface area contributed by atoms with E-state index in [2.05, 4.69) is 18.7 Å². The largest absolute Gasteiger partial charge is 0.490 e. The van der Waals surface area contributed by atoms with Crippen molar-refractivity contribution in [3.8, 4) is 11.8 Å². The molecule has 2 aromatic rings. The smallest absolute Gasteiger partial charge is 0.290 e. The van der Waals surface area contributed by atoms with Gasteiger partial charge in [0.2, 0.25) is 5.91 Å². The van der Waals surface area contributed by atoms with E-state index in [1.54, 1.807) is 34.1 Å². The zero-order valence-corrected chi connectivity index (χ0v) is 20.7. The summed E-state index contributed by atoms with van der Waals surface area (Å²) in [7, 11) is 0. The number of hydrogen-bond acceptors (Lipinski definition) is 6. The van der Waals surface area contributed by atoms with E-state index in [9.17, 15) is 9.59 Å². The zero-order valence-electron chi connectivity index (χ0n) is 20.7. The molecule has 0 atom stereocenters. The maximum atomic E-state index is 12.8. The molecule has 0 unspecified atom stereocenters. The van der Waals surface area contributed by atoms with Gasteiger partial charge in [-0.3, -0.25) is 14.4 Å². The summed E-state index contributed by atoms with van der Waals surface area (Å²) in [5.41, 5.74) is 1.80. The molecule has 0 aromatic heterocycles. The van der Waals surface area contributed by atoms with Crippen LogP contribution in [0.5, 0.6) is 5.75 Å². The molecule has 2 heterocycles. The fourth-order valence-electron chi connectivity index (χ4n) is 4.40. The molecule has 9 heteroatoms. The molecule has 2 aromatic carbocycles. The minimum absolute atomic E-state index is 0.0332. The quantitative estimate of drug-likeness (QED) is 0.638. The van der Waals surface area contributed by atoms with E-state index >= 15 is 0 Å². The van der Waals surface area contributed by atoms with Gasteiger partial charge in [-0.1, -0.05) is 0 Å². The van der Waals surface area contributed by atoms with E-state index in [1.807, 2.05) is 30.3 Å². The van der Waals surface area contributed by atoms with Crippen LogP contribution in [0.1, 0.15) is 42.6 Å². The molecule has 9 nitrogen and oxygen atoms in total.